The lowest BCUT2D eigenvalue weighted by Gasteiger charge is -2.04. The molecule has 0 aliphatic carbocycles. The molecule has 1 aromatic carbocycles. The van der Waals surface area contributed by atoms with Crippen molar-refractivity contribution in [3.05, 3.63) is 33.5 Å². The first-order chi connectivity index (χ1) is 5.69. The van der Waals surface area contributed by atoms with Gasteiger partial charge in [0.15, 0.2) is 0 Å². The molecule has 2 nitrogen and oxygen atoms in total. The fraction of sp³-hybridized carbons (Fsp3) is 0.250. The third-order valence-electron chi connectivity index (χ3n) is 1.56. The highest BCUT2D eigenvalue weighted by atomic mass is 79.9. The van der Waals surface area contributed by atoms with Crippen LogP contribution in [0, 0.1) is 5.82 Å². The third kappa shape index (κ3) is 1.83. The zero-order valence-corrected chi connectivity index (χ0v) is 7.81. The van der Waals surface area contributed by atoms with Gasteiger partial charge in [-0.1, -0.05) is 15.9 Å². The van der Waals surface area contributed by atoms with Gasteiger partial charge in [0.1, 0.15) is 5.82 Å². The van der Waals surface area contributed by atoms with Crippen LogP contribution in [-0.4, -0.2) is 10.2 Å². The third-order valence-corrected chi connectivity index (χ3v) is 2.29. The Morgan fingerprint density at radius 1 is 1.17 bits per heavy atom. The lowest BCUT2D eigenvalue weighted by atomic mass is 10.1. The van der Waals surface area contributed by atoms with Gasteiger partial charge in [-0.3, -0.25) is 0 Å². The monoisotopic (exact) mass is 234 g/mol. The highest BCUT2D eigenvalue weighted by Crippen LogP contribution is 2.21. The second kappa shape index (κ2) is 3.98. The van der Waals surface area contributed by atoms with E-state index in [1.807, 2.05) is 0 Å². The molecule has 66 valence electrons. The van der Waals surface area contributed by atoms with Crippen LogP contribution in [0.25, 0.3) is 0 Å². The Balaban J connectivity index is 3.16. The summed E-state index contributed by atoms with van der Waals surface area (Å²) in [5.74, 6) is -0.496. The van der Waals surface area contributed by atoms with E-state index < -0.39 is 5.82 Å². The molecule has 0 radical (unpaired) electrons. The van der Waals surface area contributed by atoms with Crippen molar-refractivity contribution in [3.63, 3.8) is 0 Å². The van der Waals surface area contributed by atoms with E-state index in [0.717, 1.165) is 0 Å². The van der Waals surface area contributed by atoms with E-state index in [4.69, 9.17) is 10.2 Å². The Kier molecular flexibility index (Phi) is 3.20. The summed E-state index contributed by atoms with van der Waals surface area (Å²) in [4.78, 5) is 0. The molecule has 0 heterocycles. The summed E-state index contributed by atoms with van der Waals surface area (Å²) >= 11 is 3.14. The molecule has 0 aliphatic heterocycles. The van der Waals surface area contributed by atoms with Gasteiger partial charge in [-0.25, -0.2) is 4.39 Å². The van der Waals surface area contributed by atoms with Crippen LogP contribution in [0.15, 0.2) is 16.6 Å². The SMILES string of the molecule is OCc1cc(Br)c(CO)cc1F. The van der Waals surface area contributed by atoms with Crippen LogP contribution in [-0.2, 0) is 13.2 Å². The zero-order valence-electron chi connectivity index (χ0n) is 6.22. The van der Waals surface area contributed by atoms with Gasteiger partial charge in [0.25, 0.3) is 0 Å². The fourth-order valence-electron chi connectivity index (χ4n) is 0.872. The summed E-state index contributed by atoms with van der Waals surface area (Å²) in [6.45, 7) is -0.556. The number of halogens is 2. The summed E-state index contributed by atoms with van der Waals surface area (Å²) in [5, 5.41) is 17.4. The van der Waals surface area contributed by atoms with Crippen molar-refractivity contribution in [1.29, 1.82) is 0 Å². The molecule has 0 spiro atoms. The summed E-state index contributed by atoms with van der Waals surface area (Å²) in [7, 11) is 0. The van der Waals surface area contributed by atoms with Gasteiger partial charge in [0.05, 0.1) is 13.2 Å². The topological polar surface area (TPSA) is 40.5 Å². The molecule has 0 saturated heterocycles. The molecule has 0 unspecified atom stereocenters. The van der Waals surface area contributed by atoms with E-state index in [1.54, 1.807) is 0 Å². The van der Waals surface area contributed by atoms with E-state index in [9.17, 15) is 4.39 Å². The smallest absolute Gasteiger partial charge is 0.129 e. The number of hydrogen-bond acceptors (Lipinski definition) is 2. The first-order valence-electron chi connectivity index (χ1n) is 3.37. The predicted molar refractivity (Wildman–Crippen MR) is 45.9 cm³/mol. The average molecular weight is 235 g/mol. The molecule has 2 N–H and O–H groups in total. The normalized spacial score (nSPS) is 10.3. The Morgan fingerprint density at radius 2 is 1.75 bits per heavy atom. The van der Waals surface area contributed by atoms with Crippen LogP contribution in [0.2, 0.25) is 0 Å². The first kappa shape index (κ1) is 9.64. The number of aliphatic hydroxyl groups excluding tert-OH is 2. The van der Waals surface area contributed by atoms with Crippen molar-refractivity contribution in [2.45, 2.75) is 13.2 Å². The first-order valence-corrected chi connectivity index (χ1v) is 4.17. The van der Waals surface area contributed by atoms with Crippen molar-refractivity contribution in [2.24, 2.45) is 0 Å². The lowest BCUT2D eigenvalue weighted by molar-refractivity contribution is 0.271. The van der Waals surface area contributed by atoms with Crippen LogP contribution >= 0.6 is 15.9 Å². The molecule has 0 amide bonds. The minimum absolute atomic E-state index is 0.219. The van der Waals surface area contributed by atoms with Crippen LogP contribution in [0.5, 0.6) is 0 Å². The van der Waals surface area contributed by atoms with Gasteiger partial charge in [0.2, 0.25) is 0 Å². The van der Waals surface area contributed by atoms with Gasteiger partial charge < -0.3 is 10.2 Å². The molecule has 12 heavy (non-hydrogen) atoms. The number of hydrogen-bond donors (Lipinski definition) is 2. The van der Waals surface area contributed by atoms with Crippen molar-refractivity contribution >= 4 is 15.9 Å². The standard InChI is InChI=1S/C8H8BrFO2/c9-7-1-6(4-12)8(10)2-5(7)3-11/h1-2,11-12H,3-4H2. The second-order valence-electron chi connectivity index (χ2n) is 2.35. The van der Waals surface area contributed by atoms with Crippen molar-refractivity contribution < 1.29 is 14.6 Å². The lowest BCUT2D eigenvalue weighted by Crippen LogP contribution is -1.94. The number of benzene rings is 1. The Labute approximate surface area is 77.8 Å². The minimum Gasteiger partial charge on any atom is -0.392 e. The van der Waals surface area contributed by atoms with Gasteiger partial charge in [-0.15, -0.1) is 0 Å². The summed E-state index contributed by atoms with van der Waals surface area (Å²) < 4.78 is 13.5. The maximum absolute atomic E-state index is 12.9. The number of rotatable bonds is 2. The van der Waals surface area contributed by atoms with E-state index in [1.165, 1.54) is 12.1 Å². The summed E-state index contributed by atoms with van der Waals surface area (Å²) in [6.07, 6.45) is 0. The molecule has 0 aliphatic rings. The summed E-state index contributed by atoms with van der Waals surface area (Å²) in [6, 6.07) is 2.66. The maximum atomic E-state index is 12.9. The van der Waals surface area contributed by atoms with Crippen molar-refractivity contribution in [1.82, 2.24) is 0 Å². The molecule has 1 rings (SSSR count). The average Bonchev–Trinajstić information content (AvgIpc) is 2.08. The quantitative estimate of drug-likeness (QED) is 0.816. The van der Waals surface area contributed by atoms with Crippen LogP contribution in [0.3, 0.4) is 0 Å². The van der Waals surface area contributed by atoms with E-state index in [0.29, 0.717) is 10.0 Å². The van der Waals surface area contributed by atoms with E-state index in [-0.39, 0.29) is 18.8 Å². The van der Waals surface area contributed by atoms with Gasteiger partial charge in [-0.2, -0.15) is 0 Å². The molecule has 0 bridgehead atoms. The molecule has 4 heteroatoms. The highest BCUT2D eigenvalue weighted by molar-refractivity contribution is 9.10. The maximum Gasteiger partial charge on any atom is 0.129 e. The molecule has 0 fully saturated rings. The van der Waals surface area contributed by atoms with E-state index in [2.05, 4.69) is 15.9 Å². The van der Waals surface area contributed by atoms with Crippen LogP contribution < -0.4 is 0 Å². The molecule has 0 aromatic heterocycles. The molecule has 1 aromatic rings. The largest absolute Gasteiger partial charge is 0.392 e. The van der Waals surface area contributed by atoms with Gasteiger partial charge >= 0.3 is 0 Å². The van der Waals surface area contributed by atoms with Crippen LogP contribution in [0.1, 0.15) is 11.1 Å². The Hall–Kier alpha value is -0.450. The molecular weight excluding hydrogens is 227 g/mol. The highest BCUT2D eigenvalue weighted by Gasteiger charge is 2.06. The molecular formula is C8H8BrFO2. The summed E-state index contributed by atoms with van der Waals surface area (Å²) in [5.41, 5.74) is 0.698. The van der Waals surface area contributed by atoms with Gasteiger partial charge in [-0.05, 0) is 17.7 Å². The minimum atomic E-state index is -0.496. The fourth-order valence-corrected chi connectivity index (χ4v) is 1.39. The Morgan fingerprint density at radius 3 is 2.25 bits per heavy atom. The number of aliphatic hydroxyl groups is 2. The van der Waals surface area contributed by atoms with Crippen molar-refractivity contribution in [2.75, 3.05) is 0 Å². The van der Waals surface area contributed by atoms with Crippen LogP contribution in [0.4, 0.5) is 4.39 Å². The van der Waals surface area contributed by atoms with Crippen molar-refractivity contribution in [3.8, 4) is 0 Å². The predicted octanol–water partition coefficient (Wildman–Crippen LogP) is 1.57. The van der Waals surface area contributed by atoms with Gasteiger partial charge in [0, 0.05) is 10.0 Å². The molecule has 0 saturated carbocycles. The zero-order chi connectivity index (χ0) is 9.14. The molecule has 0 atom stereocenters. The second-order valence-corrected chi connectivity index (χ2v) is 3.21. The van der Waals surface area contributed by atoms with E-state index >= 15 is 0 Å². The Bertz CT molecular complexity index is 259.